The summed E-state index contributed by atoms with van der Waals surface area (Å²) in [7, 11) is -2.43. The summed E-state index contributed by atoms with van der Waals surface area (Å²) in [5.41, 5.74) is 6.48. The van der Waals surface area contributed by atoms with Gasteiger partial charge in [-0.15, -0.1) is 0 Å². The van der Waals surface area contributed by atoms with Gasteiger partial charge >= 0.3 is 0 Å². The number of nitrogens with zero attached hydrogens (tertiary/aromatic N) is 1. The van der Waals surface area contributed by atoms with Crippen molar-refractivity contribution in [2.45, 2.75) is 11.4 Å². The maximum Gasteiger partial charge on any atom is 0.245 e. The van der Waals surface area contributed by atoms with Crippen LogP contribution in [0, 0.1) is 5.82 Å². The molecular formula is C14H14BrFN2O2S. The minimum atomic E-state index is -3.86. The maximum atomic E-state index is 13.3. The Balaban J connectivity index is 2.35. The summed E-state index contributed by atoms with van der Waals surface area (Å²) < 4.78 is 40.2. The second kappa shape index (κ2) is 6.13. The zero-order valence-corrected chi connectivity index (χ0v) is 13.7. The number of benzene rings is 2. The second-order valence-electron chi connectivity index (χ2n) is 4.53. The van der Waals surface area contributed by atoms with Crippen LogP contribution in [0.3, 0.4) is 0 Å². The highest BCUT2D eigenvalue weighted by molar-refractivity contribution is 9.10. The molecule has 7 heteroatoms. The van der Waals surface area contributed by atoms with Gasteiger partial charge in [-0.2, -0.15) is 4.31 Å². The van der Waals surface area contributed by atoms with E-state index in [1.807, 2.05) is 24.3 Å². The number of hydrogen-bond acceptors (Lipinski definition) is 3. The Morgan fingerprint density at radius 1 is 1.24 bits per heavy atom. The molecule has 0 aromatic heterocycles. The molecule has 0 saturated heterocycles. The number of rotatable bonds is 4. The van der Waals surface area contributed by atoms with Gasteiger partial charge in [-0.05, 0) is 29.8 Å². The topological polar surface area (TPSA) is 63.4 Å². The number of sulfonamides is 1. The van der Waals surface area contributed by atoms with E-state index in [2.05, 4.69) is 15.9 Å². The molecule has 0 unspecified atom stereocenters. The molecule has 0 radical (unpaired) electrons. The van der Waals surface area contributed by atoms with E-state index in [1.165, 1.54) is 13.1 Å². The Morgan fingerprint density at radius 2 is 1.90 bits per heavy atom. The van der Waals surface area contributed by atoms with Crippen molar-refractivity contribution >= 4 is 31.6 Å². The first kappa shape index (κ1) is 15.9. The highest BCUT2D eigenvalue weighted by atomic mass is 79.9. The van der Waals surface area contributed by atoms with E-state index >= 15 is 0 Å². The van der Waals surface area contributed by atoms with Crippen LogP contribution in [-0.2, 0) is 16.6 Å². The molecule has 112 valence electrons. The molecule has 0 heterocycles. The number of anilines is 1. The van der Waals surface area contributed by atoms with Crippen molar-refractivity contribution in [1.29, 1.82) is 0 Å². The normalized spacial score (nSPS) is 11.8. The summed E-state index contributed by atoms with van der Waals surface area (Å²) in [5, 5.41) is 0. The van der Waals surface area contributed by atoms with Crippen LogP contribution in [0.2, 0.25) is 0 Å². The molecule has 0 spiro atoms. The van der Waals surface area contributed by atoms with Crippen LogP contribution >= 0.6 is 15.9 Å². The van der Waals surface area contributed by atoms with Gasteiger partial charge in [0.1, 0.15) is 10.7 Å². The van der Waals surface area contributed by atoms with Crippen LogP contribution in [-0.4, -0.2) is 19.8 Å². The van der Waals surface area contributed by atoms with Crippen molar-refractivity contribution < 1.29 is 12.8 Å². The molecule has 0 aliphatic heterocycles. The first-order valence-electron chi connectivity index (χ1n) is 6.07. The second-order valence-corrected chi connectivity index (χ2v) is 7.40. The van der Waals surface area contributed by atoms with E-state index in [9.17, 15) is 12.8 Å². The van der Waals surface area contributed by atoms with E-state index in [1.54, 1.807) is 0 Å². The number of nitrogen functional groups attached to an aromatic ring is 1. The quantitative estimate of drug-likeness (QED) is 0.839. The number of halogens is 2. The molecule has 0 aliphatic rings. The lowest BCUT2D eigenvalue weighted by molar-refractivity contribution is 0.465. The molecular weight excluding hydrogens is 359 g/mol. The van der Waals surface area contributed by atoms with Gasteiger partial charge in [-0.3, -0.25) is 0 Å². The Labute approximate surface area is 131 Å². The monoisotopic (exact) mass is 372 g/mol. The van der Waals surface area contributed by atoms with Crippen molar-refractivity contribution in [1.82, 2.24) is 4.31 Å². The number of hydrogen-bond donors (Lipinski definition) is 1. The molecule has 4 nitrogen and oxygen atoms in total. The van der Waals surface area contributed by atoms with Gasteiger partial charge < -0.3 is 5.73 Å². The predicted molar refractivity (Wildman–Crippen MR) is 83.6 cm³/mol. The standard InChI is InChI=1S/C14H14BrFN2O2S/c1-18(9-10-4-2-3-5-12(10)15)21(19,20)14-8-11(16)6-7-13(14)17/h2-8H,9,17H2,1H3. The van der Waals surface area contributed by atoms with Crippen LogP contribution in [0.5, 0.6) is 0 Å². The molecule has 2 N–H and O–H groups in total. The van der Waals surface area contributed by atoms with Gasteiger partial charge in [-0.25, -0.2) is 12.8 Å². The summed E-state index contributed by atoms with van der Waals surface area (Å²) in [5.74, 6) is -0.642. The summed E-state index contributed by atoms with van der Waals surface area (Å²) >= 11 is 3.37. The molecule has 2 rings (SSSR count). The Hall–Kier alpha value is -1.44. The molecule has 0 amide bonds. The Kier molecular flexibility index (Phi) is 4.65. The largest absolute Gasteiger partial charge is 0.398 e. The summed E-state index contributed by atoms with van der Waals surface area (Å²) in [4.78, 5) is -0.225. The average molecular weight is 373 g/mol. The highest BCUT2D eigenvalue weighted by Gasteiger charge is 2.24. The van der Waals surface area contributed by atoms with Gasteiger partial charge in [0, 0.05) is 18.1 Å². The van der Waals surface area contributed by atoms with Gasteiger partial charge in [0.25, 0.3) is 0 Å². The molecule has 0 bridgehead atoms. The summed E-state index contributed by atoms with van der Waals surface area (Å²) in [6, 6.07) is 10.6. The average Bonchev–Trinajstić information content (AvgIpc) is 2.43. The minimum absolute atomic E-state index is 0.0235. The molecule has 0 fully saturated rings. The summed E-state index contributed by atoms with van der Waals surface area (Å²) in [6.45, 7) is 0.152. The van der Waals surface area contributed by atoms with Crippen molar-refractivity contribution in [2.24, 2.45) is 0 Å². The first-order valence-corrected chi connectivity index (χ1v) is 8.30. The van der Waals surface area contributed by atoms with Gasteiger partial charge in [0.15, 0.2) is 0 Å². The molecule has 0 aliphatic carbocycles. The smallest absolute Gasteiger partial charge is 0.245 e. The molecule has 2 aromatic carbocycles. The Morgan fingerprint density at radius 3 is 2.57 bits per heavy atom. The lowest BCUT2D eigenvalue weighted by Crippen LogP contribution is -2.27. The van der Waals surface area contributed by atoms with Crippen molar-refractivity contribution in [2.75, 3.05) is 12.8 Å². The third-order valence-corrected chi connectivity index (χ3v) is 5.65. The molecule has 2 aromatic rings. The van der Waals surface area contributed by atoms with E-state index in [0.29, 0.717) is 0 Å². The third kappa shape index (κ3) is 3.42. The van der Waals surface area contributed by atoms with Crippen molar-refractivity contribution in [3.63, 3.8) is 0 Å². The fraction of sp³-hybridized carbons (Fsp3) is 0.143. The summed E-state index contributed by atoms with van der Waals surface area (Å²) in [6.07, 6.45) is 0. The number of nitrogens with two attached hydrogens (primary N) is 1. The van der Waals surface area contributed by atoms with Crippen LogP contribution in [0.25, 0.3) is 0 Å². The van der Waals surface area contributed by atoms with Crippen LogP contribution in [0.15, 0.2) is 51.8 Å². The molecule has 0 atom stereocenters. The van der Waals surface area contributed by atoms with Gasteiger partial charge in [0.05, 0.1) is 5.69 Å². The first-order chi connectivity index (χ1) is 9.82. The lowest BCUT2D eigenvalue weighted by atomic mass is 10.2. The van der Waals surface area contributed by atoms with E-state index < -0.39 is 15.8 Å². The fourth-order valence-electron chi connectivity index (χ4n) is 1.85. The Bertz CT molecular complexity index is 765. The van der Waals surface area contributed by atoms with Gasteiger partial charge in [-0.1, -0.05) is 34.1 Å². The molecule has 0 saturated carbocycles. The zero-order chi connectivity index (χ0) is 15.6. The minimum Gasteiger partial charge on any atom is -0.398 e. The van der Waals surface area contributed by atoms with Crippen molar-refractivity contribution in [3.8, 4) is 0 Å². The van der Waals surface area contributed by atoms with Crippen molar-refractivity contribution in [3.05, 3.63) is 58.3 Å². The van der Waals surface area contributed by atoms with E-state index in [0.717, 1.165) is 26.5 Å². The predicted octanol–water partition coefficient (Wildman–Crippen LogP) is 2.99. The third-order valence-electron chi connectivity index (χ3n) is 3.01. The zero-order valence-electron chi connectivity index (χ0n) is 11.3. The molecule has 21 heavy (non-hydrogen) atoms. The van der Waals surface area contributed by atoms with Crippen LogP contribution in [0.4, 0.5) is 10.1 Å². The van der Waals surface area contributed by atoms with E-state index in [4.69, 9.17) is 5.73 Å². The van der Waals surface area contributed by atoms with Crippen LogP contribution < -0.4 is 5.73 Å². The van der Waals surface area contributed by atoms with Gasteiger partial charge in [0.2, 0.25) is 10.0 Å². The maximum absolute atomic E-state index is 13.3. The van der Waals surface area contributed by atoms with E-state index in [-0.39, 0.29) is 17.1 Å². The SMILES string of the molecule is CN(Cc1ccccc1Br)S(=O)(=O)c1cc(F)ccc1N. The lowest BCUT2D eigenvalue weighted by Gasteiger charge is -2.19. The van der Waals surface area contributed by atoms with Crippen LogP contribution in [0.1, 0.15) is 5.56 Å². The fourth-order valence-corrected chi connectivity index (χ4v) is 3.53. The highest BCUT2D eigenvalue weighted by Crippen LogP contribution is 2.25.